The van der Waals surface area contributed by atoms with Gasteiger partial charge in [-0.1, -0.05) is 26.8 Å². The predicted molar refractivity (Wildman–Crippen MR) is 83.1 cm³/mol. The number of thiophene rings is 1. The van der Waals surface area contributed by atoms with Gasteiger partial charge < -0.3 is 0 Å². The van der Waals surface area contributed by atoms with Crippen LogP contribution in [0.3, 0.4) is 0 Å². The highest BCUT2D eigenvalue weighted by molar-refractivity contribution is 7.17. The third-order valence-corrected chi connectivity index (χ3v) is 3.74. The second-order valence-electron chi connectivity index (χ2n) is 4.63. The Bertz CT molecular complexity index is 623. The lowest BCUT2D eigenvalue weighted by Crippen LogP contribution is -2.07. The topological polar surface area (TPSA) is 38.1 Å². The number of hydrogen-bond acceptors (Lipinski definition) is 4. The van der Waals surface area contributed by atoms with E-state index in [0.29, 0.717) is 5.92 Å². The normalized spacial score (nSPS) is 13.0. The predicted octanol–water partition coefficient (Wildman–Crippen LogP) is 4.55. The van der Waals surface area contributed by atoms with Gasteiger partial charge in [-0.3, -0.25) is 4.99 Å². The minimum atomic E-state index is 0.322. The van der Waals surface area contributed by atoms with Crippen molar-refractivity contribution in [2.45, 2.75) is 40.0 Å². The summed E-state index contributed by atoms with van der Waals surface area (Å²) in [6, 6.07) is 2.06. The Hall–Kier alpha value is -1.55. The first-order chi connectivity index (χ1) is 9.17. The summed E-state index contributed by atoms with van der Waals surface area (Å²) in [5, 5.41) is 2.07. The fourth-order valence-electron chi connectivity index (χ4n) is 1.82. The van der Waals surface area contributed by atoms with Gasteiger partial charge in [0.15, 0.2) is 0 Å². The molecule has 0 spiro atoms. The van der Waals surface area contributed by atoms with E-state index in [1.165, 1.54) is 0 Å². The average molecular weight is 273 g/mol. The van der Waals surface area contributed by atoms with E-state index in [4.69, 9.17) is 4.98 Å². The van der Waals surface area contributed by atoms with Crippen LogP contribution in [0.15, 0.2) is 28.7 Å². The molecule has 0 aromatic carbocycles. The summed E-state index contributed by atoms with van der Waals surface area (Å²) in [5.41, 5.74) is 3.04. The van der Waals surface area contributed by atoms with Crippen molar-refractivity contribution in [1.29, 1.82) is 0 Å². The Morgan fingerprint density at radius 2 is 2.21 bits per heavy atom. The molecule has 0 fully saturated rings. The molecule has 0 aliphatic heterocycles. The first-order valence-corrected chi connectivity index (χ1v) is 7.48. The molecule has 0 saturated carbocycles. The van der Waals surface area contributed by atoms with Crippen LogP contribution in [0.2, 0.25) is 0 Å². The molecule has 4 heteroatoms. The van der Waals surface area contributed by atoms with E-state index in [-0.39, 0.29) is 0 Å². The Labute approximate surface area is 118 Å². The Kier molecular flexibility index (Phi) is 4.43. The summed E-state index contributed by atoms with van der Waals surface area (Å²) in [4.78, 5) is 13.9. The van der Waals surface area contributed by atoms with Gasteiger partial charge in [-0.15, -0.1) is 11.3 Å². The van der Waals surface area contributed by atoms with Crippen LogP contribution in [-0.2, 0) is 0 Å². The molecular weight excluding hydrogens is 254 g/mol. The monoisotopic (exact) mass is 273 g/mol. The van der Waals surface area contributed by atoms with Crippen molar-refractivity contribution < 1.29 is 0 Å². The van der Waals surface area contributed by atoms with Crippen molar-refractivity contribution in [3.05, 3.63) is 35.2 Å². The molecule has 0 bridgehead atoms. The van der Waals surface area contributed by atoms with Gasteiger partial charge >= 0.3 is 0 Å². The maximum Gasteiger partial charge on any atom is 0.132 e. The van der Waals surface area contributed by atoms with Gasteiger partial charge in [-0.2, -0.15) is 0 Å². The number of hydrogen-bond donors (Lipinski definition) is 0. The summed E-state index contributed by atoms with van der Waals surface area (Å²) < 4.78 is 1.13. The van der Waals surface area contributed by atoms with Crippen LogP contribution in [0, 0.1) is 0 Å². The zero-order valence-corrected chi connectivity index (χ0v) is 12.7. The molecule has 3 nitrogen and oxygen atoms in total. The fraction of sp³-hybridized carbons (Fsp3) is 0.400. The Balaban J connectivity index is 2.65. The highest BCUT2D eigenvalue weighted by Gasteiger charge is 2.14. The molecule has 19 heavy (non-hydrogen) atoms. The molecule has 100 valence electrons. The fourth-order valence-corrected chi connectivity index (χ4v) is 2.66. The molecule has 2 aromatic heterocycles. The van der Waals surface area contributed by atoms with Gasteiger partial charge in [0, 0.05) is 12.1 Å². The van der Waals surface area contributed by atoms with Crippen LogP contribution >= 0.6 is 11.3 Å². The Morgan fingerprint density at radius 1 is 1.42 bits per heavy atom. The highest BCUT2D eigenvalue weighted by Crippen LogP contribution is 2.25. The summed E-state index contributed by atoms with van der Waals surface area (Å²) >= 11 is 1.68. The maximum atomic E-state index is 4.73. The van der Waals surface area contributed by atoms with Crippen LogP contribution in [0.25, 0.3) is 10.2 Å². The molecule has 0 saturated heterocycles. The molecule has 2 aromatic rings. The molecule has 0 N–H and O–H groups in total. The number of fused-ring (bicyclic) bond motifs is 1. The van der Waals surface area contributed by atoms with Crippen LogP contribution < -0.4 is 0 Å². The van der Waals surface area contributed by atoms with Crippen molar-refractivity contribution in [2.24, 2.45) is 4.99 Å². The number of rotatable bonds is 4. The molecule has 2 heterocycles. The molecular formula is C15H19N3S. The number of aromatic nitrogens is 2. The minimum absolute atomic E-state index is 0.322. The van der Waals surface area contributed by atoms with E-state index in [1.54, 1.807) is 11.3 Å². The van der Waals surface area contributed by atoms with E-state index in [1.807, 2.05) is 19.2 Å². The molecule has 0 unspecified atom stereocenters. The zero-order chi connectivity index (χ0) is 13.8. The largest absolute Gasteiger partial charge is 0.259 e. The van der Waals surface area contributed by atoms with Crippen molar-refractivity contribution in [2.75, 3.05) is 0 Å². The summed E-state index contributed by atoms with van der Waals surface area (Å²) in [7, 11) is 0. The summed E-state index contributed by atoms with van der Waals surface area (Å²) in [6.45, 7) is 8.31. The lowest BCUT2D eigenvalue weighted by molar-refractivity contribution is 0.781. The third-order valence-electron chi connectivity index (χ3n) is 2.82. The first kappa shape index (κ1) is 13.9. The molecule has 2 rings (SSSR count). The van der Waals surface area contributed by atoms with E-state index in [0.717, 1.165) is 33.9 Å². The number of aliphatic imine (C=N–C) groups is 1. The van der Waals surface area contributed by atoms with Gasteiger partial charge in [-0.25, -0.2) is 9.97 Å². The third kappa shape index (κ3) is 2.89. The molecule has 0 radical (unpaired) electrons. The van der Waals surface area contributed by atoms with Gasteiger partial charge in [0.25, 0.3) is 0 Å². The van der Waals surface area contributed by atoms with Crippen LogP contribution in [0.1, 0.15) is 51.6 Å². The standard InChI is InChI=1S/C15H19N3S/c1-5-8-16-11(6-2)13-14-12(7-9-19-14)17-15(18-13)10(3)4/h5,7-10H,6H2,1-4H3/b8-5-,16-11?. The van der Waals surface area contributed by atoms with E-state index >= 15 is 0 Å². The lowest BCUT2D eigenvalue weighted by Gasteiger charge is -2.09. The molecule has 0 amide bonds. The van der Waals surface area contributed by atoms with Gasteiger partial charge in [0.1, 0.15) is 11.5 Å². The maximum absolute atomic E-state index is 4.73. The van der Waals surface area contributed by atoms with Gasteiger partial charge in [0.2, 0.25) is 0 Å². The minimum Gasteiger partial charge on any atom is -0.259 e. The second-order valence-corrected chi connectivity index (χ2v) is 5.55. The SMILES string of the molecule is C/C=C\N=C(CC)c1nc(C(C)C)nc2ccsc12. The lowest BCUT2D eigenvalue weighted by atomic mass is 10.1. The number of nitrogens with zero attached hydrogens (tertiary/aromatic N) is 3. The molecule has 0 aliphatic rings. The van der Waals surface area contributed by atoms with Crippen molar-refractivity contribution in [3.63, 3.8) is 0 Å². The van der Waals surface area contributed by atoms with Crippen LogP contribution in [-0.4, -0.2) is 15.7 Å². The Morgan fingerprint density at radius 3 is 2.84 bits per heavy atom. The quantitative estimate of drug-likeness (QED) is 0.767. The van der Waals surface area contributed by atoms with Crippen LogP contribution in [0.5, 0.6) is 0 Å². The highest BCUT2D eigenvalue weighted by atomic mass is 32.1. The van der Waals surface area contributed by atoms with E-state index in [2.05, 4.69) is 42.2 Å². The van der Waals surface area contributed by atoms with E-state index in [9.17, 15) is 0 Å². The van der Waals surface area contributed by atoms with Gasteiger partial charge in [-0.05, 0) is 24.8 Å². The molecule has 0 aliphatic carbocycles. The first-order valence-electron chi connectivity index (χ1n) is 6.60. The van der Waals surface area contributed by atoms with Crippen molar-refractivity contribution in [3.8, 4) is 0 Å². The van der Waals surface area contributed by atoms with Gasteiger partial charge in [0.05, 0.1) is 15.9 Å². The van der Waals surface area contributed by atoms with E-state index < -0.39 is 0 Å². The average Bonchev–Trinajstić information content (AvgIpc) is 2.87. The summed E-state index contributed by atoms with van der Waals surface area (Å²) in [6.07, 6.45) is 4.63. The van der Waals surface area contributed by atoms with Crippen LogP contribution in [0.4, 0.5) is 0 Å². The smallest absolute Gasteiger partial charge is 0.132 e. The second kappa shape index (κ2) is 6.06. The number of allylic oxidation sites excluding steroid dienone is 1. The summed E-state index contributed by atoms with van der Waals surface area (Å²) in [5.74, 6) is 1.21. The zero-order valence-electron chi connectivity index (χ0n) is 11.8. The molecule has 0 atom stereocenters. The van der Waals surface area contributed by atoms with Crippen molar-refractivity contribution >= 4 is 27.3 Å². The van der Waals surface area contributed by atoms with Crippen molar-refractivity contribution in [1.82, 2.24) is 9.97 Å².